The summed E-state index contributed by atoms with van der Waals surface area (Å²) in [5.74, 6) is -1.52. The standard InChI is InChI=1S/C35H28N2O7S/c1-24(38)43-32-21-19-26(23-33(32)44-25(2)39)20-22-35(40)37(28-13-7-4-8-14-28)31-17-9-16-30-29(31)15-10-18-34(30)45(41,42)36-27-11-5-3-6-12-27/h3-23,36H,1-2H3/b22-20+. The van der Waals surface area contributed by atoms with E-state index in [0.29, 0.717) is 33.4 Å². The minimum atomic E-state index is -3.97. The number of sulfonamides is 1. The predicted molar refractivity (Wildman–Crippen MR) is 173 cm³/mol. The molecule has 0 unspecified atom stereocenters. The number of ether oxygens (including phenoxy) is 2. The van der Waals surface area contributed by atoms with Gasteiger partial charge in [-0.1, -0.05) is 66.7 Å². The maximum absolute atomic E-state index is 13.9. The molecule has 1 N–H and O–H groups in total. The van der Waals surface area contributed by atoms with E-state index in [1.807, 2.05) is 6.07 Å². The van der Waals surface area contributed by atoms with Gasteiger partial charge in [-0.15, -0.1) is 0 Å². The van der Waals surface area contributed by atoms with Crippen molar-refractivity contribution in [1.29, 1.82) is 0 Å². The molecule has 0 radical (unpaired) electrons. The van der Waals surface area contributed by atoms with Crippen molar-refractivity contribution in [2.75, 3.05) is 9.62 Å². The number of hydrogen-bond acceptors (Lipinski definition) is 7. The van der Waals surface area contributed by atoms with Gasteiger partial charge in [0, 0.05) is 42.1 Å². The average molecular weight is 621 g/mol. The third-order valence-corrected chi connectivity index (χ3v) is 7.98. The minimum absolute atomic E-state index is 0.0270. The molecule has 5 aromatic carbocycles. The van der Waals surface area contributed by atoms with Crippen molar-refractivity contribution >= 4 is 61.8 Å². The summed E-state index contributed by atoms with van der Waals surface area (Å²) in [6.07, 6.45) is 2.88. The highest BCUT2D eigenvalue weighted by Gasteiger charge is 2.23. The Morgan fingerprint density at radius 2 is 1.31 bits per heavy atom. The molecule has 0 bridgehead atoms. The van der Waals surface area contributed by atoms with Crippen LogP contribution in [0.3, 0.4) is 0 Å². The number of nitrogens with one attached hydrogen (secondary N) is 1. The summed E-state index contributed by atoms with van der Waals surface area (Å²) < 4.78 is 39.9. The number of carbonyl (C=O) groups is 3. The van der Waals surface area contributed by atoms with Crippen molar-refractivity contribution in [3.63, 3.8) is 0 Å². The van der Waals surface area contributed by atoms with E-state index in [1.54, 1.807) is 91.0 Å². The van der Waals surface area contributed by atoms with Crippen LogP contribution in [0.5, 0.6) is 11.5 Å². The lowest BCUT2D eigenvalue weighted by atomic mass is 10.1. The summed E-state index contributed by atoms with van der Waals surface area (Å²) in [6, 6.07) is 32.2. The van der Waals surface area contributed by atoms with Crippen LogP contribution in [0, 0.1) is 0 Å². The van der Waals surface area contributed by atoms with Crippen LogP contribution >= 0.6 is 0 Å². The first-order valence-corrected chi connectivity index (χ1v) is 15.3. The van der Waals surface area contributed by atoms with E-state index >= 15 is 0 Å². The third-order valence-electron chi connectivity index (χ3n) is 6.54. The number of para-hydroxylation sites is 2. The monoisotopic (exact) mass is 620 g/mol. The molecule has 0 aliphatic rings. The Hall–Kier alpha value is -5.74. The van der Waals surface area contributed by atoms with E-state index in [4.69, 9.17) is 9.47 Å². The van der Waals surface area contributed by atoms with E-state index in [1.165, 1.54) is 49.1 Å². The van der Waals surface area contributed by atoms with Crippen molar-refractivity contribution in [3.05, 3.63) is 127 Å². The van der Waals surface area contributed by atoms with Gasteiger partial charge in [0.2, 0.25) is 0 Å². The highest BCUT2D eigenvalue weighted by molar-refractivity contribution is 7.93. The molecule has 45 heavy (non-hydrogen) atoms. The average Bonchev–Trinajstić information content (AvgIpc) is 3.01. The Balaban J connectivity index is 1.56. The largest absolute Gasteiger partial charge is 0.423 e. The van der Waals surface area contributed by atoms with Crippen molar-refractivity contribution in [1.82, 2.24) is 0 Å². The number of nitrogens with zero attached hydrogens (tertiary/aromatic N) is 1. The molecule has 226 valence electrons. The van der Waals surface area contributed by atoms with Crippen molar-refractivity contribution in [2.45, 2.75) is 18.7 Å². The van der Waals surface area contributed by atoms with Gasteiger partial charge in [-0.05, 0) is 60.2 Å². The van der Waals surface area contributed by atoms with Crippen LogP contribution in [0.15, 0.2) is 126 Å². The molecule has 0 saturated carbocycles. The zero-order valence-corrected chi connectivity index (χ0v) is 25.2. The molecule has 9 nitrogen and oxygen atoms in total. The van der Waals surface area contributed by atoms with Crippen LogP contribution in [-0.4, -0.2) is 26.3 Å². The van der Waals surface area contributed by atoms with E-state index in [9.17, 15) is 22.8 Å². The second kappa shape index (κ2) is 13.3. The van der Waals surface area contributed by atoms with Gasteiger partial charge in [0.05, 0.1) is 10.6 Å². The fourth-order valence-corrected chi connectivity index (χ4v) is 6.00. The molecule has 0 aromatic heterocycles. The highest BCUT2D eigenvalue weighted by Crippen LogP contribution is 2.36. The third kappa shape index (κ3) is 7.26. The van der Waals surface area contributed by atoms with Crippen LogP contribution < -0.4 is 19.1 Å². The van der Waals surface area contributed by atoms with Gasteiger partial charge in [-0.25, -0.2) is 8.42 Å². The summed E-state index contributed by atoms with van der Waals surface area (Å²) >= 11 is 0. The molecule has 5 aromatic rings. The number of rotatable bonds is 9. The molecule has 0 heterocycles. The second-order valence-corrected chi connectivity index (χ2v) is 11.5. The number of amides is 1. The Morgan fingerprint density at radius 1 is 0.689 bits per heavy atom. The van der Waals surface area contributed by atoms with Crippen LogP contribution in [-0.2, 0) is 24.4 Å². The number of hydrogen-bond donors (Lipinski definition) is 1. The lowest BCUT2D eigenvalue weighted by molar-refractivity contribution is -0.134. The normalized spacial score (nSPS) is 11.2. The summed E-state index contributed by atoms with van der Waals surface area (Å²) in [5.41, 5.74) is 1.95. The van der Waals surface area contributed by atoms with E-state index in [0.717, 1.165) is 0 Å². The molecular weight excluding hydrogens is 592 g/mol. The van der Waals surface area contributed by atoms with E-state index < -0.39 is 27.9 Å². The molecule has 0 aliphatic carbocycles. The molecule has 0 saturated heterocycles. The minimum Gasteiger partial charge on any atom is -0.423 e. The Kier molecular flexibility index (Phi) is 9.06. The smallest absolute Gasteiger partial charge is 0.308 e. The molecule has 0 spiro atoms. The topological polar surface area (TPSA) is 119 Å². The molecule has 0 atom stereocenters. The Labute approximate surface area is 260 Å². The zero-order valence-electron chi connectivity index (χ0n) is 24.3. The molecular formula is C35H28N2O7S. The maximum Gasteiger partial charge on any atom is 0.308 e. The summed E-state index contributed by atoms with van der Waals surface area (Å²) in [5, 5.41) is 0.977. The highest BCUT2D eigenvalue weighted by atomic mass is 32.2. The van der Waals surface area contributed by atoms with Gasteiger partial charge >= 0.3 is 11.9 Å². The van der Waals surface area contributed by atoms with Crippen LogP contribution in [0.4, 0.5) is 17.1 Å². The zero-order chi connectivity index (χ0) is 32.0. The summed E-state index contributed by atoms with van der Waals surface area (Å²) in [4.78, 5) is 38.6. The molecule has 5 rings (SSSR count). The van der Waals surface area contributed by atoms with Crippen LogP contribution in [0.25, 0.3) is 16.8 Å². The number of fused-ring (bicyclic) bond motifs is 1. The van der Waals surface area contributed by atoms with E-state index in [-0.39, 0.29) is 16.4 Å². The van der Waals surface area contributed by atoms with Crippen molar-refractivity contribution < 1.29 is 32.3 Å². The quantitative estimate of drug-likeness (QED) is 0.109. The first-order chi connectivity index (χ1) is 21.6. The lowest BCUT2D eigenvalue weighted by Crippen LogP contribution is -2.24. The van der Waals surface area contributed by atoms with E-state index in [2.05, 4.69) is 4.72 Å². The van der Waals surface area contributed by atoms with Gasteiger partial charge < -0.3 is 9.47 Å². The number of anilines is 3. The molecule has 0 aliphatic heterocycles. The van der Waals surface area contributed by atoms with Gasteiger partial charge in [0.1, 0.15) is 0 Å². The van der Waals surface area contributed by atoms with Crippen LogP contribution in [0.1, 0.15) is 19.4 Å². The maximum atomic E-state index is 13.9. The number of esters is 2. The summed E-state index contributed by atoms with van der Waals surface area (Å²) in [6.45, 7) is 2.45. The SMILES string of the molecule is CC(=O)Oc1ccc(/C=C/C(=O)N(c2ccccc2)c2cccc3c(S(=O)(=O)Nc4ccccc4)cccc23)cc1OC(C)=O. The fraction of sp³-hybridized carbons (Fsp3) is 0.0571. The first kappa shape index (κ1) is 30.7. The summed E-state index contributed by atoms with van der Waals surface area (Å²) in [7, 11) is -3.97. The Morgan fingerprint density at radius 3 is 2.00 bits per heavy atom. The number of carbonyl (C=O) groups excluding carboxylic acids is 3. The van der Waals surface area contributed by atoms with Gasteiger partial charge in [-0.3, -0.25) is 24.0 Å². The fourth-order valence-electron chi connectivity index (χ4n) is 4.72. The second-order valence-electron chi connectivity index (χ2n) is 9.84. The number of benzene rings is 5. The van der Waals surface area contributed by atoms with Crippen molar-refractivity contribution in [3.8, 4) is 11.5 Å². The lowest BCUT2D eigenvalue weighted by Gasteiger charge is -2.24. The predicted octanol–water partition coefficient (Wildman–Crippen LogP) is 6.87. The van der Waals surface area contributed by atoms with Gasteiger partial charge in [0.15, 0.2) is 11.5 Å². The Bertz CT molecular complexity index is 2030. The molecule has 0 fully saturated rings. The molecule has 10 heteroatoms. The van der Waals surface area contributed by atoms with Crippen molar-refractivity contribution in [2.24, 2.45) is 0 Å². The van der Waals surface area contributed by atoms with Crippen LogP contribution in [0.2, 0.25) is 0 Å². The first-order valence-electron chi connectivity index (χ1n) is 13.8. The van der Waals surface area contributed by atoms with Gasteiger partial charge in [-0.2, -0.15) is 0 Å². The van der Waals surface area contributed by atoms with Gasteiger partial charge in [0.25, 0.3) is 15.9 Å². The molecule has 1 amide bonds.